The van der Waals surface area contributed by atoms with Crippen molar-refractivity contribution in [1.82, 2.24) is 0 Å². The molecular weight excluding hydrogens is 294 g/mol. The fourth-order valence-corrected chi connectivity index (χ4v) is 10.5. The van der Waals surface area contributed by atoms with Crippen molar-refractivity contribution in [3.63, 3.8) is 0 Å². The van der Waals surface area contributed by atoms with Crippen LogP contribution in [-0.2, 0) is 18.2 Å². The van der Waals surface area contributed by atoms with Gasteiger partial charge >= 0.3 is 7.28 Å². The maximum Gasteiger partial charge on any atom is 0.386 e. The molecule has 0 saturated heterocycles. The fraction of sp³-hybridized carbons (Fsp3) is 1.00. The van der Waals surface area contributed by atoms with Crippen LogP contribution >= 0.6 is 14.1 Å². The molecule has 0 atom stereocenters. The molecule has 0 aliphatic carbocycles. The van der Waals surface area contributed by atoms with Crippen LogP contribution in [0.2, 0.25) is 0 Å². The molecule has 0 aromatic heterocycles. The van der Waals surface area contributed by atoms with E-state index in [1.165, 1.54) is 0 Å². The highest BCUT2D eigenvalue weighted by atomic mass is 32.1. The van der Waals surface area contributed by atoms with Crippen LogP contribution in [0.3, 0.4) is 0 Å². The summed E-state index contributed by atoms with van der Waals surface area (Å²) in [7, 11) is -3.56. The molecule has 0 aliphatic rings. The summed E-state index contributed by atoms with van der Waals surface area (Å²) in [6.45, 7) is 9.11. The van der Waals surface area contributed by atoms with E-state index in [0.29, 0.717) is 13.2 Å². The van der Waals surface area contributed by atoms with E-state index < -0.39 is 14.1 Å². The Morgan fingerprint density at radius 1 is 0.800 bits per heavy atom. The van der Waals surface area contributed by atoms with Crippen LogP contribution in [0.1, 0.15) is 67.2 Å². The van der Waals surface area contributed by atoms with E-state index in [-0.39, 0.29) is 11.3 Å². The van der Waals surface area contributed by atoms with Crippen LogP contribution in [0.15, 0.2) is 0 Å². The van der Waals surface area contributed by atoms with Gasteiger partial charge in [-0.15, -0.1) is 0 Å². The maximum atomic E-state index is 13.3. The molecule has 0 amide bonds. The largest absolute Gasteiger partial charge is 0.386 e. The first kappa shape index (κ1) is 20.4. The average Bonchev–Trinajstić information content (AvgIpc) is 2.37. The Labute approximate surface area is 124 Å². The molecule has 0 spiro atoms. The number of hydrogen-bond donors (Lipinski definition) is 0. The van der Waals surface area contributed by atoms with Crippen LogP contribution in [0.5, 0.6) is 0 Å². The highest BCUT2D eigenvalue weighted by Gasteiger charge is 2.51. The van der Waals surface area contributed by atoms with Crippen molar-refractivity contribution in [3.8, 4) is 0 Å². The van der Waals surface area contributed by atoms with Gasteiger partial charge in [0.1, 0.15) is 0 Å². The van der Waals surface area contributed by atoms with E-state index in [2.05, 4.69) is 0 Å². The van der Waals surface area contributed by atoms with Crippen molar-refractivity contribution in [1.29, 1.82) is 0 Å². The molecule has 6 heteroatoms. The lowest BCUT2D eigenvalue weighted by atomic mass is 10.4. The summed E-state index contributed by atoms with van der Waals surface area (Å²) in [4.78, 5) is 0. The van der Waals surface area contributed by atoms with Crippen LogP contribution in [0.4, 0.5) is 0 Å². The van der Waals surface area contributed by atoms with Gasteiger partial charge in [-0.05, 0) is 12.8 Å². The lowest BCUT2D eigenvalue weighted by molar-refractivity contribution is 0.211. The standard InChI is InChI=1S/C14H32O4P2/c1-7-9-11-17-20(16,18-12-10-8-2)19(15,13(3)4)14(5)6/h13-14H,7-12H2,1-6H3. The topological polar surface area (TPSA) is 52.6 Å². The van der Waals surface area contributed by atoms with E-state index in [1.807, 2.05) is 41.5 Å². The number of rotatable bonds is 11. The minimum absolute atomic E-state index is 0.198. The summed E-state index contributed by atoms with van der Waals surface area (Å²) in [6.07, 6.45) is 3.50. The van der Waals surface area contributed by atoms with Gasteiger partial charge in [-0.1, -0.05) is 54.4 Å². The third kappa shape index (κ3) is 4.98. The van der Waals surface area contributed by atoms with Gasteiger partial charge in [0.2, 0.25) is 6.83 Å². The van der Waals surface area contributed by atoms with Crippen molar-refractivity contribution in [2.75, 3.05) is 13.2 Å². The predicted molar refractivity (Wildman–Crippen MR) is 87.2 cm³/mol. The molecule has 0 radical (unpaired) electrons. The van der Waals surface area contributed by atoms with Gasteiger partial charge in [-0.25, -0.2) is 0 Å². The second-order valence-electron chi connectivity index (χ2n) is 5.70. The zero-order valence-electron chi connectivity index (χ0n) is 13.9. The van der Waals surface area contributed by atoms with Crippen molar-refractivity contribution in [2.45, 2.75) is 78.5 Å². The minimum atomic E-state index is -3.56. The van der Waals surface area contributed by atoms with E-state index in [0.717, 1.165) is 25.7 Å². The molecule has 0 N–H and O–H groups in total. The van der Waals surface area contributed by atoms with Crippen LogP contribution < -0.4 is 0 Å². The third-order valence-corrected chi connectivity index (χ3v) is 13.9. The van der Waals surface area contributed by atoms with Gasteiger partial charge in [0.15, 0.2) is 0 Å². The minimum Gasteiger partial charge on any atom is -0.310 e. The maximum absolute atomic E-state index is 13.3. The van der Waals surface area contributed by atoms with E-state index in [1.54, 1.807) is 0 Å². The normalized spacial score (nSPS) is 13.4. The van der Waals surface area contributed by atoms with Gasteiger partial charge in [0.05, 0.1) is 13.2 Å². The second-order valence-corrected chi connectivity index (χ2v) is 13.9. The summed E-state index contributed by atoms with van der Waals surface area (Å²) < 4.78 is 37.6. The Morgan fingerprint density at radius 2 is 1.15 bits per heavy atom. The van der Waals surface area contributed by atoms with E-state index in [9.17, 15) is 9.13 Å². The Hall–Kier alpha value is 0.380. The average molecular weight is 326 g/mol. The molecule has 122 valence electrons. The first-order chi connectivity index (χ1) is 9.26. The lowest BCUT2D eigenvalue weighted by Crippen LogP contribution is -2.13. The molecule has 20 heavy (non-hydrogen) atoms. The molecule has 0 aliphatic heterocycles. The van der Waals surface area contributed by atoms with Gasteiger partial charge in [0.25, 0.3) is 0 Å². The van der Waals surface area contributed by atoms with E-state index >= 15 is 0 Å². The summed E-state index contributed by atoms with van der Waals surface area (Å²) in [5, 5.41) is 0. The zero-order chi connectivity index (χ0) is 15.8. The quantitative estimate of drug-likeness (QED) is 0.350. The van der Waals surface area contributed by atoms with Crippen LogP contribution in [0.25, 0.3) is 0 Å². The van der Waals surface area contributed by atoms with Crippen molar-refractivity contribution in [3.05, 3.63) is 0 Å². The molecule has 0 aromatic rings. The molecular formula is C14H32O4P2. The summed E-state index contributed by atoms with van der Waals surface area (Å²) >= 11 is 0. The highest BCUT2D eigenvalue weighted by Crippen LogP contribution is 2.86. The molecule has 4 nitrogen and oxygen atoms in total. The first-order valence-electron chi connectivity index (χ1n) is 7.75. The van der Waals surface area contributed by atoms with Gasteiger partial charge < -0.3 is 13.6 Å². The summed E-state index contributed by atoms with van der Waals surface area (Å²) in [5.74, 6) is 0. The Balaban J connectivity index is 5.25. The SMILES string of the molecule is CCCCOP(=O)(OCCCC)P(=O)(C(C)C)C(C)C. The van der Waals surface area contributed by atoms with Crippen LogP contribution in [-0.4, -0.2) is 24.5 Å². The Bertz CT molecular complexity index is 327. The monoisotopic (exact) mass is 326 g/mol. The van der Waals surface area contributed by atoms with Gasteiger partial charge in [-0.3, -0.25) is 4.57 Å². The van der Waals surface area contributed by atoms with Gasteiger partial charge in [0, 0.05) is 11.3 Å². The fourth-order valence-electron chi connectivity index (χ4n) is 2.03. The summed E-state index contributed by atoms with van der Waals surface area (Å²) in [6, 6.07) is 0. The molecule has 0 aromatic carbocycles. The molecule has 0 unspecified atom stereocenters. The second kappa shape index (κ2) is 9.41. The number of hydrogen-bond acceptors (Lipinski definition) is 4. The van der Waals surface area contributed by atoms with Crippen molar-refractivity contribution in [2.24, 2.45) is 0 Å². The molecule has 0 saturated carbocycles. The lowest BCUT2D eigenvalue weighted by Gasteiger charge is -2.32. The summed E-state index contributed by atoms with van der Waals surface area (Å²) in [5.41, 5.74) is -0.395. The highest BCUT2D eigenvalue weighted by molar-refractivity contribution is 8.32. The Morgan fingerprint density at radius 3 is 1.40 bits per heavy atom. The number of unbranched alkanes of at least 4 members (excludes halogenated alkanes) is 2. The first-order valence-corrected chi connectivity index (χ1v) is 11.8. The molecule has 0 heterocycles. The van der Waals surface area contributed by atoms with Gasteiger partial charge in [-0.2, -0.15) is 0 Å². The molecule has 0 bridgehead atoms. The molecule has 0 fully saturated rings. The smallest absolute Gasteiger partial charge is 0.310 e. The molecule has 0 rings (SSSR count). The van der Waals surface area contributed by atoms with Crippen molar-refractivity contribution >= 4 is 14.1 Å². The zero-order valence-corrected chi connectivity index (χ0v) is 15.7. The third-order valence-electron chi connectivity index (χ3n) is 3.37. The van der Waals surface area contributed by atoms with Crippen molar-refractivity contribution < 1.29 is 18.2 Å². The van der Waals surface area contributed by atoms with Crippen LogP contribution in [0, 0.1) is 0 Å². The predicted octanol–water partition coefficient (Wildman–Crippen LogP) is 5.91. The van der Waals surface area contributed by atoms with E-state index in [4.69, 9.17) is 9.05 Å². The Kier molecular flexibility index (Phi) is 9.59.